The molecule has 23 heavy (non-hydrogen) atoms. The van der Waals surface area contributed by atoms with Crippen LogP contribution < -0.4 is 4.74 Å². The minimum Gasteiger partial charge on any atom is -0.484 e. The highest BCUT2D eigenvalue weighted by Crippen LogP contribution is 2.43. The molecule has 126 valence electrons. The smallest absolute Gasteiger partial charge is 0.260 e. The van der Waals surface area contributed by atoms with Gasteiger partial charge in [0.2, 0.25) is 0 Å². The molecule has 2 heterocycles. The molecule has 0 saturated carbocycles. The highest BCUT2D eigenvalue weighted by atomic mass is 32.2. The van der Waals surface area contributed by atoms with Gasteiger partial charge in [0.25, 0.3) is 5.91 Å². The summed E-state index contributed by atoms with van der Waals surface area (Å²) >= 11 is 4.04. The van der Waals surface area contributed by atoms with E-state index in [1.807, 2.05) is 40.6 Å². The number of carbonyl (C=O) groups excluding carboxylic acids is 1. The molecule has 2 saturated heterocycles. The molecule has 0 aromatic heterocycles. The number of ether oxygens (including phenoxy) is 1. The minimum absolute atomic E-state index is 0.111. The molecule has 2 aliphatic heterocycles. The lowest BCUT2D eigenvalue weighted by molar-refractivity contribution is -0.134. The van der Waals surface area contributed by atoms with Crippen molar-refractivity contribution in [3.63, 3.8) is 0 Å². The fraction of sp³-hybridized carbons (Fsp3) is 0.611. The monoisotopic (exact) mass is 351 g/mol. The summed E-state index contributed by atoms with van der Waals surface area (Å²) < 4.78 is 6.24. The van der Waals surface area contributed by atoms with Crippen molar-refractivity contribution in [1.29, 1.82) is 0 Å². The van der Waals surface area contributed by atoms with Crippen LogP contribution in [0.1, 0.15) is 36.3 Å². The summed E-state index contributed by atoms with van der Waals surface area (Å²) in [4.78, 5) is 14.1. The molecule has 0 N–H and O–H groups in total. The zero-order valence-electron chi connectivity index (χ0n) is 13.7. The van der Waals surface area contributed by atoms with Crippen LogP contribution in [0.5, 0.6) is 5.75 Å². The molecule has 0 aliphatic carbocycles. The van der Waals surface area contributed by atoms with Crippen LogP contribution in [0.3, 0.4) is 0 Å². The second-order valence-electron chi connectivity index (χ2n) is 6.35. The zero-order chi connectivity index (χ0) is 16.1. The average molecular weight is 352 g/mol. The van der Waals surface area contributed by atoms with Crippen LogP contribution in [-0.4, -0.2) is 42.0 Å². The molecule has 0 bridgehead atoms. The maximum Gasteiger partial charge on any atom is 0.260 e. The fourth-order valence-corrected chi connectivity index (χ4v) is 5.79. The number of benzene rings is 1. The SMILES string of the molecule is CC1CCN(C(=O)COc2ccc(C3SCCCS3)cc2)CC1. The maximum absolute atomic E-state index is 12.2. The number of amides is 1. The van der Waals surface area contributed by atoms with E-state index in [0.29, 0.717) is 4.58 Å². The quantitative estimate of drug-likeness (QED) is 0.813. The minimum atomic E-state index is 0.111. The molecule has 0 radical (unpaired) electrons. The molecular formula is C18H25NO2S2. The van der Waals surface area contributed by atoms with Gasteiger partial charge in [0.1, 0.15) is 5.75 Å². The molecule has 2 aliphatic rings. The first-order valence-corrected chi connectivity index (χ1v) is 10.6. The van der Waals surface area contributed by atoms with E-state index < -0.39 is 0 Å². The Bertz CT molecular complexity index is 506. The van der Waals surface area contributed by atoms with Crippen LogP contribution in [0.4, 0.5) is 0 Å². The van der Waals surface area contributed by atoms with Crippen molar-refractivity contribution < 1.29 is 9.53 Å². The summed E-state index contributed by atoms with van der Waals surface area (Å²) in [5.74, 6) is 4.14. The summed E-state index contributed by atoms with van der Waals surface area (Å²) in [5.41, 5.74) is 1.35. The van der Waals surface area contributed by atoms with Crippen molar-refractivity contribution in [2.24, 2.45) is 5.92 Å². The van der Waals surface area contributed by atoms with E-state index in [4.69, 9.17) is 4.74 Å². The van der Waals surface area contributed by atoms with Crippen LogP contribution in [0, 0.1) is 5.92 Å². The summed E-state index contributed by atoms with van der Waals surface area (Å²) in [7, 11) is 0. The van der Waals surface area contributed by atoms with Gasteiger partial charge in [0, 0.05) is 13.1 Å². The van der Waals surface area contributed by atoms with E-state index in [0.717, 1.165) is 37.6 Å². The van der Waals surface area contributed by atoms with Crippen molar-refractivity contribution in [2.45, 2.75) is 30.8 Å². The predicted molar refractivity (Wildman–Crippen MR) is 99.2 cm³/mol. The summed E-state index contributed by atoms with van der Waals surface area (Å²) in [6, 6.07) is 8.27. The van der Waals surface area contributed by atoms with Crippen LogP contribution in [-0.2, 0) is 4.79 Å². The lowest BCUT2D eigenvalue weighted by atomic mass is 9.99. The van der Waals surface area contributed by atoms with Crippen LogP contribution in [0.15, 0.2) is 24.3 Å². The molecule has 0 spiro atoms. The van der Waals surface area contributed by atoms with E-state index >= 15 is 0 Å². The van der Waals surface area contributed by atoms with E-state index in [9.17, 15) is 4.79 Å². The topological polar surface area (TPSA) is 29.5 Å². The maximum atomic E-state index is 12.2. The molecule has 2 fully saturated rings. The lowest BCUT2D eigenvalue weighted by Gasteiger charge is -2.30. The van der Waals surface area contributed by atoms with Gasteiger partial charge >= 0.3 is 0 Å². The Morgan fingerprint density at radius 2 is 1.83 bits per heavy atom. The summed E-state index contributed by atoms with van der Waals surface area (Å²) in [6.45, 7) is 4.15. The number of hydrogen-bond donors (Lipinski definition) is 0. The van der Waals surface area contributed by atoms with Crippen molar-refractivity contribution in [1.82, 2.24) is 4.90 Å². The zero-order valence-corrected chi connectivity index (χ0v) is 15.3. The number of piperidine rings is 1. The van der Waals surface area contributed by atoms with E-state index in [1.165, 1.54) is 23.5 Å². The van der Waals surface area contributed by atoms with Crippen LogP contribution in [0.2, 0.25) is 0 Å². The second kappa shape index (κ2) is 8.34. The fourth-order valence-electron chi connectivity index (χ4n) is 2.90. The third-order valence-corrected chi connectivity index (χ3v) is 7.49. The van der Waals surface area contributed by atoms with Crippen molar-refractivity contribution in [2.75, 3.05) is 31.2 Å². The normalized spacial score (nSPS) is 20.5. The third-order valence-electron chi connectivity index (χ3n) is 4.48. The Balaban J connectivity index is 1.47. The molecule has 1 aromatic rings. The lowest BCUT2D eigenvalue weighted by Crippen LogP contribution is -2.40. The van der Waals surface area contributed by atoms with Crippen molar-refractivity contribution in [3.05, 3.63) is 29.8 Å². The molecule has 5 heteroatoms. The molecule has 0 atom stereocenters. The summed E-state index contributed by atoms with van der Waals surface area (Å²) in [6.07, 6.45) is 3.53. The van der Waals surface area contributed by atoms with E-state index in [-0.39, 0.29) is 12.5 Å². The first-order chi connectivity index (χ1) is 11.2. The van der Waals surface area contributed by atoms with Gasteiger partial charge in [-0.2, -0.15) is 0 Å². The van der Waals surface area contributed by atoms with E-state index in [2.05, 4.69) is 19.1 Å². The molecule has 0 unspecified atom stereocenters. The Hall–Kier alpha value is -0.810. The second-order valence-corrected chi connectivity index (χ2v) is 9.07. The molecular weight excluding hydrogens is 326 g/mol. The number of hydrogen-bond acceptors (Lipinski definition) is 4. The van der Waals surface area contributed by atoms with Gasteiger partial charge in [-0.25, -0.2) is 0 Å². The Kier molecular flexibility index (Phi) is 6.17. The molecule has 1 amide bonds. The van der Waals surface area contributed by atoms with Crippen LogP contribution in [0.25, 0.3) is 0 Å². The summed E-state index contributed by atoms with van der Waals surface area (Å²) in [5, 5.41) is 0. The Labute approximate surface area is 147 Å². The van der Waals surface area contributed by atoms with Gasteiger partial charge in [0.05, 0.1) is 4.58 Å². The third kappa shape index (κ3) is 4.83. The van der Waals surface area contributed by atoms with Gasteiger partial charge in [0.15, 0.2) is 6.61 Å². The largest absolute Gasteiger partial charge is 0.484 e. The van der Waals surface area contributed by atoms with Gasteiger partial charge in [-0.3, -0.25) is 4.79 Å². The van der Waals surface area contributed by atoms with E-state index in [1.54, 1.807) is 0 Å². The molecule has 3 nitrogen and oxygen atoms in total. The first kappa shape index (κ1) is 17.0. The first-order valence-electron chi connectivity index (χ1n) is 8.46. The Morgan fingerprint density at radius 3 is 2.48 bits per heavy atom. The van der Waals surface area contributed by atoms with Crippen molar-refractivity contribution >= 4 is 29.4 Å². The highest BCUT2D eigenvalue weighted by Gasteiger charge is 2.20. The number of carbonyl (C=O) groups is 1. The number of likely N-dealkylation sites (tertiary alicyclic amines) is 1. The van der Waals surface area contributed by atoms with Crippen LogP contribution >= 0.6 is 23.5 Å². The van der Waals surface area contributed by atoms with Gasteiger partial charge in [-0.15, -0.1) is 23.5 Å². The average Bonchev–Trinajstić information content (AvgIpc) is 2.61. The Morgan fingerprint density at radius 1 is 1.17 bits per heavy atom. The number of rotatable bonds is 4. The van der Waals surface area contributed by atoms with Crippen molar-refractivity contribution in [3.8, 4) is 5.75 Å². The number of thioether (sulfide) groups is 2. The van der Waals surface area contributed by atoms with Gasteiger partial charge in [-0.05, 0) is 54.4 Å². The highest BCUT2D eigenvalue weighted by molar-refractivity contribution is 8.16. The standard InChI is InChI=1S/C18H25NO2S2/c1-14-7-9-19(10-8-14)17(20)13-21-16-5-3-15(4-6-16)18-22-11-2-12-23-18/h3-6,14,18H,2,7-13H2,1H3. The van der Waals surface area contributed by atoms with Gasteiger partial charge in [-0.1, -0.05) is 19.1 Å². The van der Waals surface area contributed by atoms with Gasteiger partial charge < -0.3 is 9.64 Å². The molecule has 1 aromatic carbocycles. The number of nitrogens with zero attached hydrogens (tertiary/aromatic N) is 1. The predicted octanol–water partition coefficient (Wildman–Crippen LogP) is 4.19. The molecule has 3 rings (SSSR count).